The fourth-order valence-electron chi connectivity index (χ4n) is 2.86. The van der Waals surface area contributed by atoms with Crippen LogP contribution in [0.5, 0.6) is 5.75 Å². The zero-order valence-corrected chi connectivity index (χ0v) is 12.0. The van der Waals surface area contributed by atoms with Gasteiger partial charge in [-0.05, 0) is 50.8 Å². The number of benzene rings is 1. The Kier molecular flexibility index (Phi) is 3.55. The van der Waals surface area contributed by atoms with Crippen molar-refractivity contribution in [1.82, 2.24) is 10.1 Å². The molecule has 6 nitrogen and oxygen atoms in total. The molecule has 0 saturated heterocycles. The van der Waals surface area contributed by atoms with E-state index in [4.69, 9.17) is 15.0 Å². The molecule has 0 atom stereocenters. The maximum absolute atomic E-state index is 9.68. The van der Waals surface area contributed by atoms with Crippen LogP contribution in [0.3, 0.4) is 0 Å². The second-order valence-corrected chi connectivity index (χ2v) is 5.33. The molecule has 0 unspecified atom stereocenters. The average molecular weight is 289 g/mol. The highest BCUT2D eigenvalue weighted by Gasteiger charge is 2.40. The summed E-state index contributed by atoms with van der Waals surface area (Å²) in [4.78, 5) is 4.47. The van der Waals surface area contributed by atoms with Crippen molar-refractivity contribution in [3.8, 4) is 17.2 Å². The van der Waals surface area contributed by atoms with Crippen molar-refractivity contribution in [2.24, 2.45) is 0 Å². The molecule has 1 aromatic carbocycles. The molecule has 0 amide bonds. The summed E-state index contributed by atoms with van der Waals surface area (Å²) in [6.45, 7) is 2.59. The lowest BCUT2D eigenvalue weighted by molar-refractivity contribution is -0.0469. The minimum atomic E-state index is -0.424. The van der Waals surface area contributed by atoms with E-state index in [0.29, 0.717) is 29.6 Å². The molecular weight excluding hydrogens is 270 g/mol. The predicted molar refractivity (Wildman–Crippen MR) is 77.6 cm³/mol. The summed E-state index contributed by atoms with van der Waals surface area (Å²) in [5, 5.41) is 13.8. The molecule has 0 spiro atoms. The van der Waals surface area contributed by atoms with Gasteiger partial charge in [0.05, 0.1) is 5.69 Å². The zero-order chi connectivity index (χ0) is 14.9. The molecule has 0 radical (unpaired) electrons. The molecular formula is C15H19N3O3. The summed E-state index contributed by atoms with van der Waals surface area (Å²) in [5.41, 5.74) is 6.13. The molecule has 6 heteroatoms. The number of aromatic hydroxyl groups is 1. The van der Waals surface area contributed by atoms with Crippen molar-refractivity contribution in [3.63, 3.8) is 0 Å². The molecule has 3 rings (SSSR count). The number of nitrogen functional groups attached to an aromatic ring is 1. The van der Waals surface area contributed by atoms with E-state index >= 15 is 0 Å². The molecule has 1 aromatic heterocycles. The van der Waals surface area contributed by atoms with Crippen LogP contribution in [0.2, 0.25) is 0 Å². The van der Waals surface area contributed by atoms with Gasteiger partial charge in [0, 0.05) is 12.2 Å². The summed E-state index contributed by atoms with van der Waals surface area (Å²) < 4.78 is 11.3. The number of rotatable bonds is 4. The number of anilines is 1. The van der Waals surface area contributed by atoms with Gasteiger partial charge in [0.25, 0.3) is 5.89 Å². The molecule has 0 bridgehead atoms. The quantitative estimate of drug-likeness (QED) is 0.664. The van der Waals surface area contributed by atoms with E-state index in [9.17, 15) is 5.11 Å². The molecule has 3 N–H and O–H groups in total. The Morgan fingerprint density at radius 3 is 2.81 bits per heavy atom. The molecule has 0 aliphatic heterocycles. The fraction of sp³-hybridized carbons (Fsp3) is 0.467. The Morgan fingerprint density at radius 2 is 2.14 bits per heavy atom. The zero-order valence-electron chi connectivity index (χ0n) is 12.0. The minimum Gasteiger partial charge on any atom is -0.506 e. The van der Waals surface area contributed by atoms with Gasteiger partial charge in [0.2, 0.25) is 5.82 Å². The van der Waals surface area contributed by atoms with Crippen molar-refractivity contribution in [2.45, 2.75) is 38.2 Å². The van der Waals surface area contributed by atoms with Crippen molar-refractivity contribution in [1.29, 1.82) is 0 Å². The summed E-state index contributed by atoms with van der Waals surface area (Å²) in [5.74, 6) is 0.965. The average Bonchev–Trinajstić information content (AvgIpc) is 3.12. The van der Waals surface area contributed by atoms with Gasteiger partial charge in [-0.3, -0.25) is 0 Å². The third-order valence-electron chi connectivity index (χ3n) is 3.94. The van der Waals surface area contributed by atoms with Crippen molar-refractivity contribution < 1.29 is 14.4 Å². The van der Waals surface area contributed by atoms with Crippen molar-refractivity contribution in [2.75, 3.05) is 12.3 Å². The number of nitrogens with two attached hydrogens (primary N) is 1. The highest BCUT2D eigenvalue weighted by Crippen LogP contribution is 2.41. The van der Waals surface area contributed by atoms with Crippen LogP contribution >= 0.6 is 0 Å². The molecule has 2 aromatic rings. The van der Waals surface area contributed by atoms with E-state index in [0.717, 1.165) is 25.7 Å². The van der Waals surface area contributed by atoms with Gasteiger partial charge in [-0.2, -0.15) is 4.98 Å². The van der Waals surface area contributed by atoms with Crippen LogP contribution in [-0.4, -0.2) is 21.9 Å². The Morgan fingerprint density at radius 1 is 1.38 bits per heavy atom. The lowest BCUT2D eigenvalue weighted by atomic mass is 10.0. The lowest BCUT2D eigenvalue weighted by Crippen LogP contribution is -2.27. The van der Waals surface area contributed by atoms with Crippen LogP contribution in [-0.2, 0) is 10.3 Å². The number of hydrogen-bond donors (Lipinski definition) is 2. The lowest BCUT2D eigenvalue weighted by Gasteiger charge is -2.24. The van der Waals surface area contributed by atoms with Gasteiger partial charge in [-0.25, -0.2) is 0 Å². The van der Waals surface area contributed by atoms with E-state index in [-0.39, 0.29) is 5.75 Å². The Hall–Kier alpha value is -2.08. The highest BCUT2D eigenvalue weighted by atomic mass is 16.5. The SMILES string of the molecule is CCOC1(c2noc(-c3ccc(N)c(O)c3)n2)CCCC1. The monoisotopic (exact) mass is 289 g/mol. The smallest absolute Gasteiger partial charge is 0.258 e. The van der Waals surface area contributed by atoms with Crippen LogP contribution in [0.4, 0.5) is 5.69 Å². The van der Waals surface area contributed by atoms with Gasteiger partial charge in [0.15, 0.2) is 0 Å². The molecule has 1 aliphatic rings. The first-order valence-electron chi connectivity index (χ1n) is 7.21. The molecule has 1 aliphatic carbocycles. The summed E-state index contributed by atoms with van der Waals surface area (Å²) in [7, 11) is 0. The first-order valence-corrected chi connectivity index (χ1v) is 7.21. The van der Waals surface area contributed by atoms with E-state index in [1.807, 2.05) is 6.92 Å². The van der Waals surface area contributed by atoms with Crippen LogP contribution in [0.15, 0.2) is 22.7 Å². The van der Waals surface area contributed by atoms with Gasteiger partial charge in [-0.1, -0.05) is 5.16 Å². The van der Waals surface area contributed by atoms with E-state index < -0.39 is 5.60 Å². The maximum Gasteiger partial charge on any atom is 0.258 e. The fourth-order valence-corrected chi connectivity index (χ4v) is 2.86. The Labute approximate surface area is 122 Å². The number of phenols is 1. The second kappa shape index (κ2) is 5.37. The third kappa shape index (κ3) is 2.47. The topological polar surface area (TPSA) is 94.4 Å². The molecule has 1 fully saturated rings. The largest absolute Gasteiger partial charge is 0.506 e. The first kappa shape index (κ1) is 13.9. The first-order chi connectivity index (χ1) is 10.1. The second-order valence-electron chi connectivity index (χ2n) is 5.33. The number of ether oxygens (including phenoxy) is 1. The normalized spacial score (nSPS) is 17.2. The van der Waals surface area contributed by atoms with Crippen LogP contribution in [0.1, 0.15) is 38.4 Å². The summed E-state index contributed by atoms with van der Waals surface area (Å²) in [6, 6.07) is 4.88. The Balaban J connectivity index is 1.93. The van der Waals surface area contributed by atoms with E-state index in [1.54, 1.807) is 12.1 Å². The molecule has 1 heterocycles. The summed E-state index contributed by atoms with van der Waals surface area (Å²) >= 11 is 0. The van der Waals surface area contributed by atoms with Gasteiger partial charge in [-0.15, -0.1) is 0 Å². The van der Waals surface area contributed by atoms with Crippen LogP contribution in [0, 0.1) is 0 Å². The molecule has 1 saturated carbocycles. The standard InChI is InChI=1S/C15H19N3O3/c1-2-20-15(7-3-4-8-15)14-17-13(21-18-14)10-5-6-11(16)12(19)9-10/h5-6,9,19H,2-4,7-8,16H2,1H3. The number of phenolic OH excluding ortho intramolecular Hbond substituents is 1. The summed E-state index contributed by atoms with van der Waals surface area (Å²) in [6.07, 6.45) is 4.03. The number of hydrogen-bond acceptors (Lipinski definition) is 6. The van der Waals surface area contributed by atoms with Gasteiger partial charge in [0.1, 0.15) is 11.4 Å². The number of aromatic nitrogens is 2. The van der Waals surface area contributed by atoms with E-state index in [2.05, 4.69) is 10.1 Å². The molecule has 112 valence electrons. The maximum atomic E-state index is 9.68. The third-order valence-corrected chi connectivity index (χ3v) is 3.94. The Bertz CT molecular complexity index is 633. The van der Waals surface area contributed by atoms with Gasteiger partial charge < -0.3 is 20.1 Å². The number of nitrogens with zero attached hydrogens (tertiary/aromatic N) is 2. The predicted octanol–water partition coefficient (Wildman–Crippen LogP) is 2.83. The van der Waals surface area contributed by atoms with Crippen molar-refractivity contribution in [3.05, 3.63) is 24.0 Å². The van der Waals surface area contributed by atoms with Crippen LogP contribution in [0.25, 0.3) is 11.5 Å². The van der Waals surface area contributed by atoms with Gasteiger partial charge >= 0.3 is 0 Å². The van der Waals surface area contributed by atoms with Crippen molar-refractivity contribution >= 4 is 5.69 Å². The molecule has 21 heavy (non-hydrogen) atoms. The van der Waals surface area contributed by atoms with E-state index in [1.165, 1.54) is 6.07 Å². The van der Waals surface area contributed by atoms with Crippen LogP contribution < -0.4 is 5.73 Å². The highest BCUT2D eigenvalue weighted by molar-refractivity contribution is 5.63. The minimum absolute atomic E-state index is 0.00707.